The van der Waals surface area contributed by atoms with Crippen LogP contribution in [0.4, 0.5) is 0 Å². The minimum absolute atomic E-state index is 0.0602. The Kier molecular flexibility index (Phi) is 7.95. The van der Waals surface area contributed by atoms with Gasteiger partial charge in [0.1, 0.15) is 0 Å². The predicted molar refractivity (Wildman–Crippen MR) is 103 cm³/mol. The molecule has 0 unspecified atom stereocenters. The number of para-hydroxylation sites is 2. The molecule has 6 heteroatoms. The highest BCUT2D eigenvalue weighted by atomic mass is 16.5. The number of ether oxygens (including phenoxy) is 3. The lowest BCUT2D eigenvalue weighted by atomic mass is 9.73. The van der Waals surface area contributed by atoms with Crippen molar-refractivity contribution < 1.29 is 23.8 Å². The molecule has 0 aromatic heterocycles. The second-order valence-electron chi connectivity index (χ2n) is 7.12. The van der Waals surface area contributed by atoms with E-state index in [0.29, 0.717) is 37.6 Å². The van der Waals surface area contributed by atoms with Crippen molar-refractivity contribution in [2.75, 3.05) is 20.3 Å². The number of esters is 1. The van der Waals surface area contributed by atoms with E-state index in [4.69, 9.17) is 14.2 Å². The zero-order chi connectivity index (χ0) is 19.7. The summed E-state index contributed by atoms with van der Waals surface area (Å²) in [5.41, 5.74) is -0.537. The summed E-state index contributed by atoms with van der Waals surface area (Å²) >= 11 is 0. The van der Waals surface area contributed by atoms with E-state index in [9.17, 15) is 9.59 Å². The van der Waals surface area contributed by atoms with Crippen molar-refractivity contribution in [2.45, 2.75) is 57.9 Å². The van der Waals surface area contributed by atoms with Crippen LogP contribution in [-0.2, 0) is 14.3 Å². The molecule has 1 aromatic carbocycles. The number of benzene rings is 1. The molecule has 1 saturated carbocycles. The summed E-state index contributed by atoms with van der Waals surface area (Å²) in [5.74, 6) is 0.808. The van der Waals surface area contributed by atoms with Gasteiger partial charge in [-0.1, -0.05) is 25.0 Å². The van der Waals surface area contributed by atoms with Crippen LogP contribution in [-0.4, -0.2) is 37.7 Å². The molecule has 2 atom stereocenters. The van der Waals surface area contributed by atoms with E-state index in [2.05, 4.69) is 5.32 Å². The van der Waals surface area contributed by atoms with Crippen molar-refractivity contribution in [2.24, 2.45) is 5.92 Å². The second kappa shape index (κ2) is 10.2. The molecule has 0 aliphatic heterocycles. The van der Waals surface area contributed by atoms with E-state index < -0.39 is 5.54 Å². The first-order chi connectivity index (χ1) is 13.0. The third kappa shape index (κ3) is 5.88. The fourth-order valence-electron chi connectivity index (χ4n) is 3.64. The van der Waals surface area contributed by atoms with Gasteiger partial charge < -0.3 is 19.5 Å². The average molecular weight is 377 g/mol. The lowest BCUT2D eigenvalue weighted by Crippen LogP contribution is -2.55. The van der Waals surface area contributed by atoms with Crippen molar-refractivity contribution in [3.05, 3.63) is 24.3 Å². The molecule has 6 nitrogen and oxygen atoms in total. The van der Waals surface area contributed by atoms with Crippen molar-refractivity contribution in [1.82, 2.24) is 5.32 Å². The second-order valence-corrected chi connectivity index (χ2v) is 7.12. The van der Waals surface area contributed by atoms with Crippen molar-refractivity contribution in [3.63, 3.8) is 0 Å². The largest absolute Gasteiger partial charge is 0.490 e. The number of amides is 1. The van der Waals surface area contributed by atoms with E-state index in [1.165, 1.54) is 7.11 Å². The Balaban J connectivity index is 1.81. The standard InChI is InChI=1S/C21H31NO5/c1-4-26-17-11-5-6-12-18(17)27-15-9-13-19(23)22-21(2)14-8-7-10-16(21)20(24)25-3/h5-6,11-12,16H,4,7-10,13-15H2,1-3H3,(H,22,23)/t16-,21-/m0/s1. The molecule has 27 heavy (non-hydrogen) atoms. The van der Waals surface area contributed by atoms with Crippen LogP contribution in [0.5, 0.6) is 11.5 Å². The fraction of sp³-hybridized carbons (Fsp3) is 0.619. The minimum atomic E-state index is -0.537. The summed E-state index contributed by atoms with van der Waals surface area (Å²) in [4.78, 5) is 24.5. The van der Waals surface area contributed by atoms with Crippen LogP contribution in [0.2, 0.25) is 0 Å². The molecule has 1 N–H and O–H groups in total. The molecule has 1 aliphatic carbocycles. The van der Waals surface area contributed by atoms with E-state index in [1.807, 2.05) is 38.1 Å². The van der Waals surface area contributed by atoms with Crippen LogP contribution in [0.15, 0.2) is 24.3 Å². The lowest BCUT2D eigenvalue weighted by molar-refractivity contribution is -0.150. The van der Waals surface area contributed by atoms with Crippen LogP contribution in [0, 0.1) is 5.92 Å². The molecular weight excluding hydrogens is 346 g/mol. The molecule has 1 amide bonds. The summed E-state index contributed by atoms with van der Waals surface area (Å²) < 4.78 is 16.2. The molecule has 0 radical (unpaired) electrons. The average Bonchev–Trinajstić information content (AvgIpc) is 2.66. The predicted octanol–water partition coefficient (Wildman–Crippen LogP) is 3.48. The SMILES string of the molecule is CCOc1ccccc1OCCCC(=O)N[C@@]1(C)CCCC[C@H]1C(=O)OC. The first kappa shape index (κ1) is 21.1. The van der Waals surface area contributed by atoms with Crippen molar-refractivity contribution >= 4 is 11.9 Å². The van der Waals surface area contributed by atoms with E-state index in [1.54, 1.807) is 0 Å². The Morgan fingerprint density at radius 1 is 1.19 bits per heavy atom. The maximum atomic E-state index is 12.4. The van der Waals surface area contributed by atoms with Crippen LogP contribution in [0.25, 0.3) is 0 Å². The normalized spacial score (nSPS) is 22.0. The maximum absolute atomic E-state index is 12.4. The topological polar surface area (TPSA) is 73.9 Å². The number of carbonyl (C=O) groups is 2. The van der Waals surface area contributed by atoms with Gasteiger partial charge >= 0.3 is 5.97 Å². The number of hydrogen-bond acceptors (Lipinski definition) is 5. The monoisotopic (exact) mass is 377 g/mol. The molecule has 0 spiro atoms. The maximum Gasteiger partial charge on any atom is 0.311 e. The number of carbonyl (C=O) groups excluding carboxylic acids is 2. The Morgan fingerprint density at radius 2 is 1.89 bits per heavy atom. The van der Waals surface area contributed by atoms with Gasteiger partial charge in [0.2, 0.25) is 5.91 Å². The Labute approximate surface area is 161 Å². The lowest BCUT2D eigenvalue weighted by Gasteiger charge is -2.40. The van der Waals surface area contributed by atoms with E-state index in [0.717, 1.165) is 25.7 Å². The van der Waals surface area contributed by atoms with Gasteiger partial charge in [0.05, 0.1) is 31.8 Å². The van der Waals surface area contributed by atoms with Crippen LogP contribution >= 0.6 is 0 Å². The van der Waals surface area contributed by atoms with Gasteiger partial charge in [0.15, 0.2) is 11.5 Å². The number of hydrogen-bond donors (Lipinski definition) is 1. The molecule has 0 saturated heterocycles. The molecule has 1 fully saturated rings. The summed E-state index contributed by atoms with van der Waals surface area (Å²) in [6.45, 7) is 4.87. The molecule has 150 valence electrons. The quantitative estimate of drug-likeness (QED) is 0.527. The van der Waals surface area contributed by atoms with Crippen LogP contribution < -0.4 is 14.8 Å². The summed E-state index contributed by atoms with van der Waals surface area (Å²) in [6, 6.07) is 7.51. The Bertz CT molecular complexity index is 633. The third-order valence-corrected chi connectivity index (χ3v) is 5.07. The molecule has 1 aromatic rings. The number of nitrogens with one attached hydrogen (secondary N) is 1. The number of methoxy groups -OCH3 is 1. The summed E-state index contributed by atoms with van der Waals surface area (Å²) in [5, 5.41) is 3.07. The first-order valence-corrected chi connectivity index (χ1v) is 9.73. The van der Waals surface area contributed by atoms with Crippen LogP contribution in [0.3, 0.4) is 0 Å². The molecular formula is C21H31NO5. The Morgan fingerprint density at radius 3 is 2.56 bits per heavy atom. The van der Waals surface area contributed by atoms with Gasteiger partial charge in [-0.25, -0.2) is 0 Å². The summed E-state index contributed by atoms with van der Waals surface area (Å²) in [6.07, 6.45) is 4.46. The first-order valence-electron chi connectivity index (χ1n) is 9.73. The van der Waals surface area contributed by atoms with Gasteiger partial charge in [-0.3, -0.25) is 9.59 Å². The highest BCUT2D eigenvalue weighted by Crippen LogP contribution is 2.34. The van der Waals surface area contributed by atoms with Gasteiger partial charge in [-0.15, -0.1) is 0 Å². The molecule has 2 rings (SSSR count). The van der Waals surface area contributed by atoms with Gasteiger partial charge in [-0.05, 0) is 45.2 Å². The van der Waals surface area contributed by atoms with E-state index >= 15 is 0 Å². The highest BCUT2D eigenvalue weighted by molar-refractivity contribution is 5.79. The highest BCUT2D eigenvalue weighted by Gasteiger charge is 2.42. The summed E-state index contributed by atoms with van der Waals surface area (Å²) in [7, 11) is 1.40. The van der Waals surface area contributed by atoms with Crippen molar-refractivity contribution in [1.29, 1.82) is 0 Å². The molecule has 1 aliphatic rings. The van der Waals surface area contributed by atoms with Gasteiger partial charge in [0, 0.05) is 6.42 Å². The van der Waals surface area contributed by atoms with Gasteiger partial charge in [-0.2, -0.15) is 0 Å². The zero-order valence-corrected chi connectivity index (χ0v) is 16.6. The molecule has 0 bridgehead atoms. The van der Waals surface area contributed by atoms with Crippen molar-refractivity contribution in [3.8, 4) is 11.5 Å². The number of rotatable bonds is 9. The zero-order valence-electron chi connectivity index (χ0n) is 16.6. The Hall–Kier alpha value is -2.24. The third-order valence-electron chi connectivity index (χ3n) is 5.07. The fourth-order valence-corrected chi connectivity index (χ4v) is 3.64. The molecule has 0 heterocycles. The van der Waals surface area contributed by atoms with Crippen LogP contribution in [0.1, 0.15) is 52.4 Å². The van der Waals surface area contributed by atoms with Gasteiger partial charge in [0.25, 0.3) is 0 Å². The minimum Gasteiger partial charge on any atom is -0.490 e. The smallest absolute Gasteiger partial charge is 0.311 e. The van der Waals surface area contributed by atoms with E-state index in [-0.39, 0.29) is 17.8 Å².